The van der Waals surface area contributed by atoms with Crippen LogP contribution in [0.3, 0.4) is 0 Å². The SMILES string of the molecule is CCCNC(=O)CCC(=O)N(Cc1ccccc1)Cc1ccccc1. The van der Waals surface area contributed by atoms with Gasteiger partial charge in [-0.3, -0.25) is 9.59 Å². The Balaban J connectivity index is 2.00. The lowest BCUT2D eigenvalue weighted by molar-refractivity contribution is -0.134. The van der Waals surface area contributed by atoms with Gasteiger partial charge in [-0.25, -0.2) is 0 Å². The Morgan fingerprint density at radius 2 is 1.36 bits per heavy atom. The predicted octanol–water partition coefficient (Wildman–Crippen LogP) is 3.52. The van der Waals surface area contributed by atoms with Crippen LogP contribution in [0.2, 0.25) is 0 Å². The molecule has 132 valence electrons. The fourth-order valence-electron chi connectivity index (χ4n) is 2.57. The van der Waals surface area contributed by atoms with Gasteiger partial charge in [-0.15, -0.1) is 0 Å². The van der Waals surface area contributed by atoms with Crippen LogP contribution in [0, 0.1) is 0 Å². The van der Waals surface area contributed by atoms with Crippen LogP contribution in [0.5, 0.6) is 0 Å². The Labute approximate surface area is 149 Å². The van der Waals surface area contributed by atoms with E-state index in [0.29, 0.717) is 19.6 Å². The molecule has 0 saturated heterocycles. The van der Waals surface area contributed by atoms with Crippen molar-refractivity contribution in [3.63, 3.8) is 0 Å². The van der Waals surface area contributed by atoms with Crippen LogP contribution in [0.1, 0.15) is 37.3 Å². The van der Waals surface area contributed by atoms with Crippen LogP contribution >= 0.6 is 0 Å². The Hall–Kier alpha value is -2.62. The highest BCUT2D eigenvalue weighted by molar-refractivity contribution is 5.83. The van der Waals surface area contributed by atoms with Crippen LogP contribution in [0.4, 0.5) is 0 Å². The van der Waals surface area contributed by atoms with Crippen molar-refractivity contribution in [3.8, 4) is 0 Å². The number of rotatable bonds is 9. The lowest BCUT2D eigenvalue weighted by Gasteiger charge is -2.23. The number of carbonyl (C=O) groups is 2. The first kappa shape index (κ1) is 18.7. The molecule has 0 saturated carbocycles. The summed E-state index contributed by atoms with van der Waals surface area (Å²) in [5.74, 6) is -0.0612. The number of nitrogens with zero attached hydrogens (tertiary/aromatic N) is 1. The van der Waals surface area contributed by atoms with Crippen LogP contribution in [-0.4, -0.2) is 23.3 Å². The number of benzene rings is 2. The summed E-state index contributed by atoms with van der Waals surface area (Å²) in [6.07, 6.45) is 1.36. The van der Waals surface area contributed by atoms with E-state index in [2.05, 4.69) is 5.32 Å². The predicted molar refractivity (Wildman–Crippen MR) is 99.7 cm³/mol. The third kappa shape index (κ3) is 6.79. The van der Waals surface area contributed by atoms with E-state index in [1.807, 2.05) is 72.5 Å². The molecular weight excluding hydrogens is 312 g/mol. The van der Waals surface area contributed by atoms with E-state index in [-0.39, 0.29) is 24.7 Å². The number of amides is 2. The molecule has 2 amide bonds. The van der Waals surface area contributed by atoms with Crippen molar-refractivity contribution in [1.82, 2.24) is 10.2 Å². The van der Waals surface area contributed by atoms with Crippen LogP contribution in [-0.2, 0) is 22.7 Å². The minimum atomic E-state index is -0.0606. The van der Waals surface area contributed by atoms with E-state index in [4.69, 9.17) is 0 Å². The van der Waals surface area contributed by atoms with Gasteiger partial charge < -0.3 is 10.2 Å². The molecule has 0 spiro atoms. The molecule has 0 heterocycles. The van der Waals surface area contributed by atoms with Crippen LogP contribution < -0.4 is 5.32 Å². The molecule has 2 aromatic carbocycles. The van der Waals surface area contributed by atoms with E-state index >= 15 is 0 Å². The molecule has 0 fully saturated rings. The lowest BCUT2D eigenvalue weighted by Crippen LogP contribution is -2.32. The molecule has 0 radical (unpaired) electrons. The van der Waals surface area contributed by atoms with E-state index in [0.717, 1.165) is 17.5 Å². The molecule has 2 aromatic rings. The number of carbonyl (C=O) groups excluding carboxylic acids is 2. The molecule has 0 aromatic heterocycles. The van der Waals surface area contributed by atoms with Gasteiger partial charge >= 0.3 is 0 Å². The van der Waals surface area contributed by atoms with E-state index in [1.54, 1.807) is 0 Å². The first-order valence-electron chi connectivity index (χ1n) is 8.81. The average Bonchev–Trinajstić information content (AvgIpc) is 2.65. The average molecular weight is 338 g/mol. The summed E-state index contributed by atoms with van der Waals surface area (Å²) in [5.41, 5.74) is 2.17. The molecule has 0 unspecified atom stereocenters. The molecule has 2 rings (SSSR count). The molecule has 4 heteroatoms. The number of hydrogen-bond donors (Lipinski definition) is 1. The zero-order valence-electron chi connectivity index (χ0n) is 14.8. The summed E-state index contributed by atoms with van der Waals surface area (Å²) >= 11 is 0. The topological polar surface area (TPSA) is 49.4 Å². The molecule has 0 bridgehead atoms. The molecule has 0 aliphatic rings. The second-order valence-corrected chi connectivity index (χ2v) is 6.07. The standard InChI is InChI=1S/C21H26N2O2/c1-2-15-22-20(24)13-14-21(25)23(16-18-9-5-3-6-10-18)17-19-11-7-4-8-12-19/h3-12H,2,13-17H2,1H3,(H,22,24). The highest BCUT2D eigenvalue weighted by Gasteiger charge is 2.16. The summed E-state index contributed by atoms with van der Waals surface area (Å²) in [4.78, 5) is 26.3. The second-order valence-electron chi connectivity index (χ2n) is 6.07. The zero-order valence-corrected chi connectivity index (χ0v) is 14.8. The molecule has 0 atom stereocenters. The molecule has 1 N–H and O–H groups in total. The molecule has 0 aliphatic heterocycles. The van der Waals surface area contributed by atoms with Gasteiger partial charge in [0.15, 0.2) is 0 Å². The van der Waals surface area contributed by atoms with Gasteiger partial charge in [0, 0.05) is 32.5 Å². The molecule has 4 nitrogen and oxygen atoms in total. The molecule has 25 heavy (non-hydrogen) atoms. The van der Waals surface area contributed by atoms with Gasteiger partial charge in [0.2, 0.25) is 11.8 Å². The summed E-state index contributed by atoms with van der Waals surface area (Å²) in [6, 6.07) is 19.9. The fraction of sp³-hybridized carbons (Fsp3) is 0.333. The first-order valence-corrected chi connectivity index (χ1v) is 8.81. The van der Waals surface area contributed by atoms with Crippen molar-refractivity contribution < 1.29 is 9.59 Å². The number of nitrogens with one attached hydrogen (secondary N) is 1. The zero-order chi connectivity index (χ0) is 17.9. The maximum Gasteiger partial charge on any atom is 0.223 e. The van der Waals surface area contributed by atoms with Crippen molar-refractivity contribution in [2.75, 3.05) is 6.54 Å². The maximum absolute atomic E-state index is 12.7. The fourth-order valence-corrected chi connectivity index (χ4v) is 2.57. The van der Waals surface area contributed by atoms with E-state index in [9.17, 15) is 9.59 Å². The largest absolute Gasteiger partial charge is 0.356 e. The van der Waals surface area contributed by atoms with Gasteiger partial charge in [-0.2, -0.15) is 0 Å². The van der Waals surface area contributed by atoms with Gasteiger partial charge in [-0.1, -0.05) is 67.6 Å². The van der Waals surface area contributed by atoms with Gasteiger partial charge in [-0.05, 0) is 17.5 Å². The molecule has 0 aliphatic carbocycles. The summed E-state index contributed by atoms with van der Waals surface area (Å²) in [6.45, 7) is 3.76. The normalized spacial score (nSPS) is 10.3. The van der Waals surface area contributed by atoms with Crippen LogP contribution in [0.15, 0.2) is 60.7 Å². The van der Waals surface area contributed by atoms with Crippen molar-refractivity contribution in [2.24, 2.45) is 0 Å². The van der Waals surface area contributed by atoms with Crippen molar-refractivity contribution >= 4 is 11.8 Å². The third-order valence-electron chi connectivity index (χ3n) is 3.92. The Kier molecular flexibility index (Phi) is 7.70. The highest BCUT2D eigenvalue weighted by Crippen LogP contribution is 2.12. The van der Waals surface area contributed by atoms with Gasteiger partial charge in [0.05, 0.1) is 0 Å². The van der Waals surface area contributed by atoms with Crippen molar-refractivity contribution in [3.05, 3.63) is 71.8 Å². The minimum absolute atomic E-state index is 0.000598. The Bertz CT molecular complexity index is 615. The van der Waals surface area contributed by atoms with E-state index in [1.165, 1.54) is 0 Å². The Morgan fingerprint density at radius 3 is 1.84 bits per heavy atom. The summed E-state index contributed by atoms with van der Waals surface area (Å²) in [7, 11) is 0. The maximum atomic E-state index is 12.7. The van der Waals surface area contributed by atoms with Gasteiger partial charge in [0.25, 0.3) is 0 Å². The minimum Gasteiger partial charge on any atom is -0.356 e. The van der Waals surface area contributed by atoms with E-state index < -0.39 is 0 Å². The molecular formula is C21H26N2O2. The summed E-state index contributed by atoms with van der Waals surface area (Å²) in [5, 5.41) is 2.82. The monoisotopic (exact) mass is 338 g/mol. The highest BCUT2D eigenvalue weighted by atomic mass is 16.2. The Morgan fingerprint density at radius 1 is 0.840 bits per heavy atom. The first-order chi connectivity index (χ1) is 12.2. The summed E-state index contributed by atoms with van der Waals surface area (Å²) < 4.78 is 0. The second kappa shape index (κ2) is 10.3. The number of hydrogen-bond acceptors (Lipinski definition) is 2. The van der Waals surface area contributed by atoms with Crippen molar-refractivity contribution in [1.29, 1.82) is 0 Å². The van der Waals surface area contributed by atoms with Crippen LogP contribution in [0.25, 0.3) is 0 Å². The lowest BCUT2D eigenvalue weighted by atomic mass is 10.1. The quantitative estimate of drug-likeness (QED) is 0.760. The van der Waals surface area contributed by atoms with Crippen molar-refractivity contribution in [2.45, 2.75) is 39.3 Å². The smallest absolute Gasteiger partial charge is 0.223 e. The third-order valence-corrected chi connectivity index (χ3v) is 3.92. The van der Waals surface area contributed by atoms with Gasteiger partial charge in [0.1, 0.15) is 0 Å².